The number of aryl methyl sites for hydroxylation is 2. The van der Waals surface area contributed by atoms with Crippen LogP contribution in [-0.4, -0.2) is 28.5 Å². The molecule has 0 spiro atoms. The standard InChI is InChI=1S/C24H20N2O4S/c1-15-8-9-16(2)19(12-15)25-22(27)14-26-23(28)21(31-24(26)29)13-18-10-11-20(30-18)17-6-4-3-5-7-17/h3-13H,14H2,1-2H3,(H,25,27)/b21-13-. The lowest BCUT2D eigenvalue weighted by Crippen LogP contribution is -2.36. The van der Waals surface area contributed by atoms with E-state index in [9.17, 15) is 14.4 Å². The van der Waals surface area contributed by atoms with E-state index in [-0.39, 0.29) is 11.4 Å². The van der Waals surface area contributed by atoms with Crippen LogP contribution in [0.4, 0.5) is 10.5 Å². The van der Waals surface area contributed by atoms with Gasteiger partial charge >= 0.3 is 0 Å². The minimum absolute atomic E-state index is 0.221. The molecule has 2 aromatic carbocycles. The zero-order valence-electron chi connectivity index (χ0n) is 17.0. The summed E-state index contributed by atoms with van der Waals surface area (Å²) in [5.74, 6) is 0.188. The second kappa shape index (κ2) is 8.65. The number of anilines is 1. The molecule has 31 heavy (non-hydrogen) atoms. The molecule has 2 heterocycles. The zero-order chi connectivity index (χ0) is 22.0. The second-order valence-electron chi connectivity index (χ2n) is 7.20. The third-order valence-corrected chi connectivity index (χ3v) is 5.71. The smallest absolute Gasteiger partial charge is 0.294 e. The lowest BCUT2D eigenvalue weighted by molar-refractivity contribution is -0.127. The average molecular weight is 433 g/mol. The second-order valence-corrected chi connectivity index (χ2v) is 8.20. The number of furan rings is 1. The first-order valence-electron chi connectivity index (χ1n) is 9.68. The van der Waals surface area contributed by atoms with E-state index in [1.54, 1.807) is 6.07 Å². The molecule has 0 saturated carbocycles. The molecule has 0 radical (unpaired) electrons. The number of thioether (sulfide) groups is 1. The van der Waals surface area contributed by atoms with Crippen molar-refractivity contribution < 1.29 is 18.8 Å². The number of amides is 3. The minimum Gasteiger partial charge on any atom is -0.457 e. The fraction of sp³-hybridized carbons (Fsp3) is 0.125. The van der Waals surface area contributed by atoms with Crippen LogP contribution >= 0.6 is 11.8 Å². The molecule has 3 aromatic rings. The first kappa shape index (κ1) is 20.7. The van der Waals surface area contributed by atoms with Gasteiger partial charge in [0.05, 0.1) is 4.91 Å². The molecule has 1 N–H and O–H groups in total. The highest BCUT2D eigenvalue weighted by molar-refractivity contribution is 8.18. The van der Waals surface area contributed by atoms with Crippen molar-refractivity contribution in [2.24, 2.45) is 0 Å². The summed E-state index contributed by atoms with van der Waals surface area (Å²) in [6.07, 6.45) is 1.53. The lowest BCUT2D eigenvalue weighted by atomic mass is 10.1. The van der Waals surface area contributed by atoms with E-state index in [1.807, 2.05) is 68.4 Å². The lowest BCUT2D eigenvalue weighted by Gasteiger charge is -2.14. The molecule has 3 amide bonds. The normalized spacial score (nSPS) is 15.0. The van der Waals surface area contributed by atoms with Gasteiger partial charge in [0.2, 0.25) is 5.91 Å². The Kier molecular flexibility index (Phi) is 5.77. The van der Waals surface area contributed by atoms with E-state index in [1.165, 1.54) is 6.08 Å². The van der Waals surface area contributed by atoms with E-state index in [2.05, 4.69) is 5.32 Å². The third kappa shape index (κ3) is 4.62. The van der Waals surface area contributed by atoms with E-state index in [0.29, 0.717) is 17.2 Å². The predicted octanol–water partition coefficient (Wildman–Crippen LogP) is 5.24. The first-order chi connectivity index (χ1) is 14.9. The molecule has 4 rings (SSSR count). The molecule has 0 bridgehead atoms. The molecule has 1 aromatic heterocycles. The number of imide groups is 1. The molecular formula is C24H20N2O4S. The SMILES string of the molecule is Cc1ccc(C)c(NC(=O)CN2C(=O)S/C(=C\c3ccc(-c4ccccc4)o3)C2=O)c1. The van der Waals surface area contributed by atoms with Crippen molar-refractivity contribution in [2.75, 3.05) is 11.9 Å². The van der Waals surface area contributed by atoms with Crippen molar-refractivity contribution in [3.8, 4) is 11.3 Å². The average Bonchev–Trinajstić information content (AvgIpc) is 3.32. The molecule has 1 saturated heterocycles. The summed E-state index contributed by atoms with van der Waals surface area (Å²) < 4.78 is 5.78. The van der Waals surface area contributed by atoms with E-state index in [4.69, 9.17) is 4.42 Å². The number of carbonyl (C=O) groups excluding carboxylic acids is 3. The van der Waals surface area contributed by atoms with E-state index < -0.39 is 17.1 Å². The number of nitrogens with one attached hydrogen (secondary N) is 1. The quantitative estimate of drug-likeness (QED) is 0.558. The van der Waals surface area contributed by atoms with Gasteiger partial charge in [0.15, 0.2) is 0 Å². The van der Waals surface area contributed by atoms with Gasteiger partial charge in [-0.05, 0) is 54.9 Å². The van der Waals surface area contributed by atoms with Crippen LogP contribution in [0.1, 0.15) is 16.9 Å². The van der Waals surface area contributed by atoms with Gasteiger partial charge in [-0.25, -0.2) is 0 Å². The Bertz CT molecular complexity index is 1200. The summed E-state index contributed by atoms with van der Waals surface area (Å²) in [6, 6.07) is 18.8. The largest absolute Gasteiger partial charge is 0.457 e. The number of nitrogens with zero attached hydrogens (tertiary/aromatic N) is 1. The highest BCUT2D eigenvalue weighted by atomic mass is 32.2. The van der Waals surface area contributed by atoms with E-state index >= 15 is 0 Å². The number of carbonyl (C=O) groups is 3. The van der Waals surface area contributed by atoms with Crippen LogP contribution in [0.15, 0.2) is 70.0 Å². The zero-order valence-corrected chi connectivity index (χ0v) is 17.9. The van der Waals surface area contributed by atoms with E-state index in [0.717, 1.165) is 33.4 Å². The number of hydrogen-bond donors (Lipinski definition) is 1. The van der Waals surface area contributed by atoms with Crippen LogP contribution in [0, 0.1) is 13.8 Å². The monoisotopic (exact) mass is 432 g/mol. The molecule has 0 atom stereocenters. The van der Waals surface area contributed by atoms with Gasteiger partial charge in [-0.3, -0.25) is 19.3 Å². The van der Waals surface area contributed by atoms with Crippen molar-refractivity contribution in [1.29, 1.82) is 0 Å². The first-order valence-corrected chi connectivity index (χ1v) is 10.5. The van der Waals surface area contributed by atoms with Crippen molar-refractivity contribution in [1.82, 2.24) is 4.90 Å². The van der Waals surface area contributed by atoms with Gasteiger partial charge < -0.3 is 9.73 Å². The fourth-order valence-electron chi connectivity index (χ4n) is 3.16. The van der Waals surface area contributed by atoms with Gasteiger partial charge in [-0.15, -0.1) is 0 Å². The van der Waals surface area contributed by atoms with Crippen molar-refractivity contribution in [3.05, 3.63) is 82.5 Å². The Morgan fingerprint density at radius 2 is 1.84 bits per heavy atom. The molecule has 0 aliphatic carbocycles. The Labute approximate surface area is 183 Å². The van der Waals surface area contributed by atoms with Crippen molar-refractivity contribution >= 4 is 40.6 Å². The third-order valence-electron chi connectivity index (χ3n) is 4.80. The molecule has 0 unspecified atom stereocenters. The van der Waals surface area contributed by atoms with Crippen LogP contribution in [0.5, 0.6) is 0 Å². The summed E-state index contributed by atoms with van der Waals surface area (Å²) in [6.45, 7) is 3.46. The van der Waals surface area contributed by atoms with Crippen LogP contribution in [0.3, 0.4) is 0 Å². The maximum atomic E-state index is 12.7. The molecule has 6 nitrogen and oxygen atoms in total. The van der Waals surface area contributed by atoms with Crippen molar-refractivity contribution in [2.45, 2.75) is 13.8 Å². The minimum atomic E-state index is -0.510. The summed E-state index contributed by atoms with van der Waals surface area (Å²) in [5.41, 5.74) is 3.48. The molecule has 7 heteroatoms. The Balaban J connectivity index is 1.46. The van der Waals surface area contributed by atoms with Gasteiger partial charge in [-0.2, -0.15) is 0 Å². The van der Waals surface area contributed by atoms with Gasteiger partial charge in [-0.1, -0.05) is 42.5 Å². The molecule has 1 aliphatic heterocycles. The van der Waals surface area contributed by atoms with Gasteiger partial charge in [0, 0.05) is 17.3 Å². The summed E-state index contributed by atoms with van der Waals surface area (Å²) in [4.78, 5) is 38.6. The highest BCUT2D eigenvalue weighted by Gasteiger charge is 2.36. The Hall–Kier alpha value is -3.58. The van der Waals surface area contributed by atoms with Gasteiger partial charge in [0.1, 0.15) is 18.1 Å². The Morgan fingerprint density at radius 3 is 2.61 bits per heavy atom. The number of benzene rings is 2. The molecule has 1 fully saturated rings. The molecule has 1 aliphatic rings. The van der Waals surface area contributed by atoms with Crippen molar-refractivity contribution in [3.63, 3.8) is 0 Å². The summed E-state index contributed by atoms with van der Waals surface area (Å²) >= 11 is 0.794. The van der Waals surface area contributed by atoms with Crippen LogP contribution in [0.2, 0.25) is 0 Å². The molecule has 156 valence electrons. The van der Waals surface area contributed by atoms with Crippen LogP contribution < -0.4 is 5.32 Å². The topological polar surface area (TPSA) is 79.6 Å². The Morgan fingerprint density at radius 1 is 1.06 bits per heavy atom. The number of hydrogen-bond acceptors (Lipinski definition) is 5. The van der Waals surface area contributed by atoms with Crippen LogP contribution in [-0.2, 0) is 9.59 Å². The summed E-state index contributed by atoms with van der Waals surface area (Å²) in [5, 5.41) is 2.29. The predicted molar refractivity (Wildman–Crippen MR) is 121 cm³/mol. The van der Waals surface area contributed by atoms with Crippen LogP contribution in [0.25, 0.3) is 17.4 Å². The summed E-state index contributed by atoms with van der Waals surface area (Å²) in [7, 11) is 0. The fourth-order valence-corrected chi connectivity index (χ4v) is 3.98. The van der Waals surface area contributed by atoms with Gasteiger partial charge in [0.25, 0.3) is 11.1 Å². The highest BCUT2D eigenvalue weighted by Crippen LogP contribution is 2.33. The number of rotatable bonds is 5. The molecular weight excluding hydrogens is 412 g/mol. The maximum Gasteiger partial charge on any atom is 0.294 e. The maximum absolute atomic E-state index is 12.7.